The van der Waals surface area contributed by atoms with Crippen molar-refractivity contribution in [2.24, 2.45) is 51.4 Å². The third-order valence-electron chi connectivity index (χ3n) is 16.8. The van der Waals surface area contributed by atoms with Crippen LogP contribution in [0.15, 0.2) is 47.8 Å². The van der Waals surface area contributed by atoms with Crippen molar-refractivity contribution in [1.82, 2.24) is 73.4 Å². The first-order valence-electron chi connectivity index (χ1n) is 36.4. The molecule has 111 heavy (non-hydrogen) atoms. The molecule has 1 aromatic carbocycles. The molecule has 1 aliphatic rings. The number of aromatic amines is 1. The molecule has 0 aliphatic carbocycles. The largest absolute Gasteiger partial charge is 0.490 e. The number of H-pyrrole nitrogens is 1. The molecule has 0 spiro atoms. The Balaban J connectivity index is 0.00000567. The molecule has 12 amide bonds. The summed E-state index contributed by atoms with van der Waals surface area (Å²) < 4.78 is 31.7. The van der Waals surface area contributed by atoms with Gasteiger partial charge in [0.15, 0.2) is 5.96 Å². The van der Waals surface area contributed by atoms with Gasteiger partial charge in [-0.05, 0) is 120 Å². The van der Waals surface area contributed by atoms with Gasteiger partial charge in [0.2, 0.25) is 70.9 Å². The van der Waals surface area contributed by atoms with Crippen molar-refractivity contribution in [3.8, 4) is 0 Å². The van der Waals surface area contributed by atoms with Crippen LogP contribution in [-0.4, -0.2) is 249 Å². The number of guanidine groups is 1. The highest BCUT2D eigenvalue weighted by molar-refractivity contribution is 6.00. The number of aliphatic imine (C=N–C) groups is 1. The van der Waals surface area contributed by atoms with Gasteiger partial charge in [-0.15, -0.1) is 0 Å². The van der Waals surface area contributed by atoms with E-state index < -0.39 is 188 Å². The fraction of sp³-hybridized carbons (Fsp3) is 0.638. The topological polar surface area (TPSA) is 644 Å². The van der Waals surface area contributed by atoms with E-state index in [0.717, 1.165) is 4.90 Å². The average Bonchev–Trinajstić information content (AvgIpc) is 1.74. The molecule has 1 saturated heterocycles. The normalized spacial score (nSPS) is 15.3. The van der Waals surface area contributed by atoms with Crippen LogP contribution < -0.4 is 87.2 Å². The number of alkyl halides is 3. The van der Waals surface area contributed by atoms with Gasteiger partial charge < -0.3 is 117 Å². The van der Waals surface area contributed by atoms with E-state index in [0.29, 0.717) is 30.5 Å². The van der Waals surface area contributed by atoms with Crippen LogP contribution >= 0.6 is 0 Å². The molecule has 622 valence electrons. The van der Waals surface area contributed by atoms with Crippen molar-refractivity contribution in [3.63, 3.8) is 0 Å². The number of carboxylic acids is 3. The van der Waals surface area contributed by atoms with Crippen LogP contribution in [0.3, 0.4) is 0 Å². The molecule has 0 radical (unpaired) electrons. The Morgan fingerprint density at radius 2 is 1.01 bits per heavy atom. The maximum Gasteiger partial charge on any atom is 0.490 e. The smallest absolute Gasteiger partial charge is 0.481 e. The summed E-state index contributed by atoms with van der Waals surface area (Å²) in [5.41, 5.74) is 29.7. The van der Waals surface area contributed by atoms with Crippen LogP contribution in [0.4, 0.5) is 13.2 Å². The van der Waals surface area contributed by atoms with Gasteiger partial charge in [-0.2, -0.15) is 13.2 Å². The number of halogens is 3. The molecular formula is C69H111F3N20O19. The molecule has 0 unspecified atom stereocenters. The summed E-state index contributed by atoms with van der Waals surface area (Å²) in [6.07, 6.45) is -1.38. The van der Waals surface area contributed by atoms with E-state index in [-0.39, 0.29) is 127 Å². The van der Waals surface area contributed by atoms with Crippen LogP contribution in [0, 0.1) is 17.8 Å². The predicted octanol–water partition coefficient (Wildman–Crippen LogP) is -4.26. The van der Waals surface area contributed by atoms with Crippen LogP contribution in [0.5, 0.6) is 0 Å². The van der Waals surface area contributed by atoms with Crippen molar-refractivity contribution < 1.29 is 106 Å². The lowest BCUT2D eigenvalue weighted by Gasteiger charge is -2.30. The quantitative estimate of drug-likeness (QED) is 0.0169. The summed E-state index contributed by atoms with van der Waals surface area (Å²) in [5.74, 6) is -16.9. The maximum absolute atomic E-state index is 14.6. The number of hydrogen-bond donors (Lipinski definition) is 21. The lowest BCUT2D eigenvalue weighted by atomic mass is 9.99. The number of imidazole rings is 1. The highest BCUT2D eigenvalue weighted by atomic mass is 19.4. The number of benzene rings is 1. The zero-order valence-electron chi connectivity index (χ0n) is 63.2. The van der Waals surface area contributed by atoms with Gasteiger partial charge in [0.25, 0.3) is 0 Å². The standard InChI is InChI=1S/C67H110N20O17.C2HF3O2/c1-37(2)26-46(81-61(98)48(28-39(5)6)83-59(96)43(18-10-12-22-68)78-53(89)33-75-58(95)47(27-38(3)4)82-63(100)51(35-88)86-56(93)42(70)30-41-32-73-36-77-41)57(94)76-34-54(90)79-45(20-14-24-74-67(71)72)65(102)87-25-15-21-52(87)64(101)84-49(31-55(91)92)62(99)80-44(19-11-13-23-69)60(97)85-50(66(103)104)29-40-16-8-7-9-17-40;3-2(4,5)1(6)7/h7-9,16-17,32,36-39,42-52,88H,10-15,18-31,33-35,68-70H2,1-6H3,(H,73,77)(H,75,95)(H,76,94)(H,78,89)(H,79,90)(H,80,99)(H,81,98)(H,82,100)(H,83,96)(H,84,101)(H,85,97)(H,86,93)(H,91,92)(H,103,104)(H4,71,72,74);(H,6,7)/t42-,43-,44-,45-,46-,47-,48-,49-,50-,51-,52-;/m0./s1. The average molecular weight is 1580 g/mol. The van der Waals surface area contributed by atoms with Crippen molar-refractivity contribution in [1.29, 1.82) is 0 Å². The lowest BCUT2D eigenvalue weighted by Crippen LogP contribution is -2.59. The summed E-state index contributed by atoms with van der Waals surface area (Å²) in [7, 11) is 0. The molecule has 2 aromatic rings. The number of aliphatic carboxylic acids is 3. The number of amides is 12. The molecule has 11 atom stereocenters. The van der Waals surface area contributed by atoms with Crippen LogP contribution in [-0.2, 0) is 84.8 Å². The van der Waals surface area contributed by atoms with Crippen molar-refractivity contribution in [2.75, 3.05) is 45.9 Å². The van der Waals surface area contributed by atoms with E-state index >= 15 is 0 Å². The van der Waals surface area contributed by atoms with Gasteiger partial charge in [0.05, 0.1) is 38.5 Å². The van der Waals surface area contributed by atoms with E-state index in [9.17, 15) is 95.6 Å². The molecule has 1 aliphatic heterocycles. The zero-order valence-corrected chi connectivity index (χ0v) is 63.2. The zero-order chi connectivity index (χ0) is 83.7. The molecular weight excluding hydrogens is 1470 g/mol. The maximum atomic E-state index is 14.6. The second kappa shape index (κ2) is 50.2. The minimum absolute atomic E-state index is 0.00337. The number of nitrogens with zero attached hydrogens (tertiary/aromatic N) is 3. The minimum atomic E-state index is -5.08. The van der Waals surface area contributed by atoms with Gasteiger partial charge in [-0.25, -0.2) is 14.6 Å². The Labute approximate surface area is 639 Å². The number of unbranched alkanes of at least 4 members (excludes halogenated alkanes) is 2. The van der Waals surface area contributed by atoms with Crippen molar-refractivity contribution in [2.45, 2.75) is 217 Å². The summed E-state index contributed by atoms with van der Waals surface area (Å²) in [5, 5.41) is 64.8. The fourth-order valence-electron chi connectivity index (χ4n) is 11.2. The number of hydrogen-bond acceptors (Lipinski definition) is 21. The summed E-state index contributed by atoms with van der Waals surface area (Å²) >= 11 is 0. The second-order valence-electron chi connectivity index (χ2n) is 27.7. The molecule has 1 fully saturated rings. The third-order valence-corrected chi connectivity index (χ3v) is 16.8. The number of aliphatic hydroxyl groups excluding tert-OH is 1. The van der Waals surface area contributed by atoms with Crippen LogP contribution in [0.1, 0.15) is 143 Å². The molecule has 2 heterocycles. The highest BCUT2D eigenvalue weighted by Gasteiger charge is 2.41. The number of carbonyl (C=O) groups is 15. The number of aliphatic hydroxyl groups is 1. The predicted molar refractivity (Wildman–Crippen MR) is 393 cm³/mol. The number of nitrogens with two attached hydrogens (primary N) is 5. The summed E-state index contributed by atoms with van der Waals surface area (Å²) in [4.78, 5) is 211. The van der Waals surface area contributed by atoms with Crippen LogP contribution in [0.25, 0.3) is 0 Å². The first-order chi connectivity index (χ1) is 52.2. The molecule has 42 heteroatoms. The first-order valence-corrected chi connectivity index (χ1v) is 36.4. The summed E-state index contributed by atoms with van der Waals surface area (Å²) in [6, 6.07) is -6.63. The SMILES string of the molecule is CC(C)C[C@H](NC(=O)[C@H](CC(C)C)NC(=O)[C@H](CCCCN)NC(=O)CNC(=O)[C@H](CC(C)C)NC(=O)[C@H](CO)NC(=O)[C@@H](N)Cc1cnc[nH]1)C(=O)NCC(=O)N[C@@H](CCCN=C(N)N)C(=O)N1CCC[C@H]1C(=O)N[C@@H](CC(=O)O)C(=O)N[C@@H](CCCCN)C(=O)N[C@@H](Cc1ccccc1)C(=O)O.O=C(O)C(F)(F)F. The summed E-state index contributed by atoms with van der Waals surface area (Å²) in [6.45, 7) is 8.79. The second-order valence-corrected chi connectivity index (χ2v) is 27.7. The Bertz CT molecular complexity index is 3410. The Morgan fingerprint density at radius 1 is 0.568 bits per heavy atom. The number of likely N-dealkylation sites (tertiary alicyclic amines) is 1. The Hall–Kier alpha value is -10.6. The first kappa shape index (κ1) is 96.5. The lowest BCUT2D eigenvalue weighted by molar-refractivity contribution is -0.192. The number of aromatic nitrogens is 2. The Kier molecular flexibility index (Phi) is 43.6. The minimum Gasteiger partial charge on any atom is -0.481 e. The monoisotopic (exact) mass is 1580 g/mol. The Morgan fingerprint density at radius 3 is 1.46 bits per heavy atom. The van der Waals surface area contributed by atoms with E-state index in [1.165, 1.54) is 12.5 Å². The number of rotatable bonds is 49. The van der Waals surface area contributed by atoms with Crippen LogP contribution in [0.2, 0.25) is 0 Å². The van der Waals surface area contributed by atoms with Gasteiger partial charge in [0.1, 0.15) is 60.4 Å². The third kappa shape index (κ3) is 38.0. The van der Waals surface area contributed by atoms with Gasteiger partial charge in [0, 0.05) is 37.8 Å². The van der Waals surface area contributed by atoms with Crippen molar-refractivity contribution in [3.05, 3.63) is 54.1 Å². The number of carboxylic acid groups (broad SMARTS) is 3. The molecule has 39 nitrogen and oxygen atoms in total. The molecule has 1 aromatic heterocycles. The van der Waals surface area contributed by atoms with Crippen molar-refractivity contribution >= 4 is 94.8 Å². The van der Waals surface area contributed by atoms with Gasteiger partial charge in [-0.3, -0.25) is 67.3 Å². The van der Waals surface area contributed by atoms with E-state index in [1.807, 2.05) is 0 Å². The molecule has 26 N–H and O–H groups in total. The van der Waals surface area contributed by atoms with Gasteiger partial charge >= 0.3 is 24.1 Å². The van der Waals surface area contributed by atoms with E-state index in [1.54, 1.807) is 71.9 Å². The molecule has 0 saturated carbocycles. The molecule has 0 bridgehead atoms. The highest BCUT2D eigenvalue weighted by Crippen LogP contribution is 2.21. The van der Waals surface area contributed by atoms with Gasteiger partial charge in [-0.1, -0.05) is 71.9 Å². The molecule has 3 rings (SSSR count). The fourth-order valence-corrected chi connectivity index (χ4v) is 11.2. The van der Waals surface area contributed by atoms with E-state index in [4.69, 9.17) is 38.6 Å². The number of carbonyl (C=O) groups excluding carboxylic acids is 12. The number of nitrogens with one attached hydrogen (secondary N) is 12. The van der Waals surface area contributed by atoms with E-state index in [2.05, 4.69) is 73.4 Å².